The SMILES string of the molecule is CC[C@H]1/C=C/C=C(\COC)CC[C@@H](O)[C@@H](O)C[C@H](O)CNC(=O)[C@H](CC)OC(=O)[C@@H](C)C[C@H](C)CCCCC(=O)CCC1. The van der Waals surface area contributed by atoms with Crippen LogP contribution in [-0.4, -0.2) is 77.7 Å². The molecule has 1 aliphatic rings. The molecule has 0 saturated carbocycles. The Morgan fingerprint density at radius 3 is 2.30 bits per heavy atom. The number of ketones is 1. The average Bonchev–Trinajstić information content (AvgIpc) is 2.97. The molecule has 1 amide bonds. The highest BCUT2D eigenvalue weighted by Gasteiger charge is 2.26. The molecule has 9 nitrogen and oxygen atoms in total. The fraction of sp³-hybridized carbons (Fsp3) is 0.794. The molecule has 1 aliphatic heterocycles. The van der Waals surface area contributed by atoms with Crippen LogP contribution in [0.1, 0.15) is 111 Å². The maximum Gasteiger partial charge on any atom is 0.309 e. The number of aliphatic hydroxyl groups excluding tert-OH is 3. The van der Waals surface area contributed by atoms with E-state index in [0.29, 0.717) is 44.0 Å². The summed E-state index contributed by atoms with van der Waals surface area (Å²) in [6.07, 6.45) is 10.1. The number of carbonyl (C=O) groups excluding carboxylic acids is 3. The summed E-state index contributed by atoms with van der Waals surface area (Å²) < 4.78 is 10.8. The van der Waals surface area contributed by atoms with E-state index in [-0.39, 0.29) is 37.6 Å². The van der Waals surface area contributed by atoms with Crippen LogP contribution in [-0.2, 0) is 23.9 Å². The van der Waals surface area contributed by atoms with Crippen molar-refractivity contribution in [3.8, 4) is 0 Å². The number of amides is 1. The van der Waals surface area contributed by atoms with Gasteiger partial charge in [-0.1, -0.05) is 58.8 Å². The van der Waals surface area contributed by atoms with E-state index in [9.17, 15) is 29.7 Å². The smallest absolute Gasteiger partial charge is 0.309 e. The minimum absolute atomic E-state index is 0.114. The molecule has 0 spiro atoms. The zero-order valence-corrected chi connectivity index (χ0v) is 27.3. The average molecular weight is 610 g/mol. The normalized spacial score (nSPS) is 33.3. The van der Waals surface area contributed by atoms with Crippen molar-refractivity contribution < 1.29 is 39.2 Å². The first-order valence-corrected chi connectivity index (χ1v) is 16.4. The molecule has 4 N–H and O–H groups in total. The molecule has 248 valence electrons. The molecule has 7 atom stereocenters. The standard InChI is InChI=1S/C34H59NO8/c1-6-26-13-10-15-27(23-42-5)18-19-30(38)31(39)21-29(37)22-35-33(40)32(7-2)43-34(41)25(4)20-24(3)12-8-9-16-28(36)17-11-14-26/h10,13,15,24-26,29-32,37-39H,6-9,11-12,14,16-23H2,1-5H3,(H,35,40)/b13-10+,27-15-/t24-,25+,26+,29+,30-,31+,32+/m1/s1. The molecular weight excluding hydrogens is 550 g/mol. The number of ether oxygens (including phenoxy) is 2. The van der Waals surface area contributed by atoms with Crippen molar-refractivity contribution in [1.29, 1.82) is 0 Å². The van der Waals surface area contributed by atoms with E-state index in [4.69, 9.17) is 9.47 Å². The van der Waals surface area contributed by atoms with Crippen LogP contribution in [0.5, 0.6) is 0 Å². The predicted molar refractivity (Wildman–Crippen MR) is 168 cm³/mol. The van der Waals surface area contributed by atoms with Gasteiger partial charge in [0.1, 0.15) is 5.78 Å². The molecule has 0 aromatic carbocycles. The molecule has 0 aromatic heterocycles. The van der Waals surface area contributed by atoms with Crippen molar-refractivity contribution >= 4 is 17.7 Å². The Kier molecular flexibility index (Phi) is 20.3. The number of esters is 1. The zero-order chi connectivity index (χ0) is 32.2. The van der Waals surface area contributed by atoms with Gasteiger partial charge in [-0.05, 0) is 68.8 Å². The van der Waals surface area contributed by atoms with Crippen LogP contribution in [0, 0.1) is 17.8 Å². The van der Waals surface area contributed by atoms with Gasteiger partial charge in [0.15, 0.2) is 6.10 Å². The number of β-amino-alcohol motifs (C(OH)–C–C–N with tert-alkyl or cyclic N) is 1. The number of nitrogens with one attached hydrogen (secondary N) is 1. The van der Waals surface area contributed by atoms with E-state index in [0.717, 1.165) is 44.1 Å². The monoisotopic (exact) mass is 609 g/mol. The number of hydrogen-bond acceptors (Lipinski definition) is 8. The molecule has 1 rings (SSSR count). The zero-order valence-electron chi connectivity index (χ0n) is 27.3. The summed E-state index contributed by atoms with van der Waals surface area (Å²) in [7, 11) is 1.61. The minimum atomic E-state index is -1.17. The lowest BCUT2D eigenvalue weighted by Crippen LogP contribution is -2.43. The van der Waals surface area contributed by atoms with Gasteiger partial charge in [-0.15, -0.1) is 0 Å². The Hall–Kier alpha value is -2.07. The number of allylic oxidation sites excluding steroid dienone is 3. The van der Waals surface area contributed by atoms with Gasteiger partial charge in [0.25, 0.3) is 5.91 Å². The van der Waals surface area contributed by atoms with Crippen molar-refractivity contribution in [2.45, 2.75) is 136 Å². The molecular formula is C34H59NO8. The number of hydrogen-bond donors (Lipinski definition) is 4. The Balaban J connectivity index is 2.93. The topological polar surface area (TPSA) is 142 Å². The molecule has 0 unspecified atom stereocenters. The maximum absolute atomic E-state index is 12.7. The fourth-order valence-electron chi connectivity index (χ4n) is 5.45. The van der Waals surface area contributed by atoms with Gasteiger partial charge in [-0.25, -0.2) is 0 Å². The van der Waals surface area contributed by atoms with Crippen molar-refractivity contribution in [2.24, 2.45) is 17.8 Å². The van der Waals surface area contributed by atoms with Crippen LogP contribution in [0.25, 0.3) is 0 Å². The van der Waals surface area contributed by atoms with Gasteiger partial charge >= 0.3 is 5.97 Å². The van der Waals surface area contributed by atoms with E-state index >= 15 is 0 Å². The highest BCUT2D eigenvalue weighted by molar-refractivity contribution is 5.84. The van der Waals surface area contributed by atoms with Crippen molar-refractivity contribution in [3.05, 3.63) is 23.8 Å². The third-order valence-corrected chi connectivity index (χ3v) is 8.31. The highest BCUT2D eigenvalue weighted by Crippen LogP contribution is 2.21. The second-order valence-electron chi connectivity index (χ2n) is 12.4. The second kappa shape index (κ2) is 22.4. The molecule has 43 heavy (non-hydrogen) atoms. The fourth-order valence-corrected chi connectivity index (χ4v) is 5.45. The van der Waals surface area contributed by atoms with Gasteiger partial charge in [0.2, 0.25) is 0 Å². The van der Waals surface area contributed by atoms with Crippen molar-refractivity contribution in [2.75, 3.05) is 20.3 Å². The molecule has 0 aliphatic carbocycles. The minimum Gasteiger partial charge on any atom is -0.452 e. The van der Waals surface area contributed by atoms with E-state index < -0.39 is 36.3 Å². The Morgan fingerprint density at radius 1 is 0.907 bits per heavy atom. The molecule has 0 radical (unpaired) electrons. The lowest BCUT2D eigenvalue weighted by atomic mass is 9.92. The quantitative estimate of drug-likeness (QED) is 0.333. The Labute approximate surface area is 259 Å². The second-order valence-corrected chi connectivity index (χ2v) is 12.4. The Bertz CT molecular complexity index is 872. The first-order chi connectivity index (χ1) is 20.5. The summed E-state index contributed by atoms with van der Waals surface area (Å²) in [6.45, 7) is 8.04. The predicted octanol–water partition coefficient (Wildman–Crippen LogP) is 4.81. The lowest BCUT2D eigenvalue weighted by molar-refractivity contribution is -0.160. The third-order valence-electron chi connectivity index (χ3n) is 8.31. The van der Waals surface area contributed by atoms with Gasteiger partial charge in [-0.2, -0.15) is 0 Å². The molecule has 0 bridgehead atoms. The number of aliphatic hydroxyl groups is 3. The summed E-state index contributed by atoms with van der Waals surface area (Å²) in [6, 6.07) is 0. The largest absolute Gasteiger partial charge is 0.452 e. The van der Waals surface area contributed by atoms with Gasteiger partial charge < -0.3 is 30.1 Å². The number of methoxy groups -OCH3 is 1. The highest BCUT2D eigenvalue weighted by atomic mass is 16.5. The first kappa shape index (κ1) is 39.0. The Morgan fingerprint density at radius 2 is 1.63 bits per heavy atom. The lowest BCUT2D eigenvalue weighted by Gasteiger charge is -2.23. The number of rotatable bonds is 4. The molecule has 0 fully saturated rings. The summed E-state index contributed by atoms with van der Waals surface area (Å²) >= 11 is 0. The van der Waals surface area contributed by atoms with Crippen LogP contribution < -0.4 is 5.32 Å². The van der Waals surface area contributed by atoms with Crippen molar-refractivity contribution in [1.82, 2.24) is 5.32 Å². The maximum atomic E-state index is 12.7. The first-order valence-electron chi connectivity index (χ1n) is 16.4. The van der Waals surface area contributed by atoms with E-state index in [1.807, 2.05) is 12.2 Å². The molecule has 9 heteroatoms. The molecule has 0 aromatic rings. The van der Waals surface area contributed by atoms with Crippen LogP contribution >= 0.6 is 0 Å². The number of carbonyl (C=O) groups is 3. The summed E-state index contributed by atoms with van der Waals surface area (Å²) in [5, 5.41) is 34.0. The van der Waals surface area contributed by atoms with Crippen LogP contribution in [0.2, 0.25) is 0 Å². The van der Waals surface area contributed by atoms with E-state index in [1.165, 1.54) is 0 Å². The molecule has 0 saturated heterocycles. The summed E-state index contributed by atoms with van der Waals surface area (Å²) in [5.41, 5.74) is 0.972. The van der Waals surface area contributed by atoms with Gasteiger partial charge in [0, 0.05) is 32.9 Å². The number of cyclic esters (lactones) is 1. The van der Waals surface area contributed by atoms with Gasteiger partial charge in [-0.3, -0.25) is 14.4 Å². The van der Waals surface area contributed by atoms with E-state index in [1.54, 1.807) is 21.0 Å². The van der Waals surface area contributed by atoms with Crippen LogP contribution in [0.4, 0.5) is 0 Å². The third kappa shape index (κ3) is 17.1. The molecule has 1 heterocycles. The number of Topliss-reactive ketones (excluding diaryl/α,β-unsaturated/α-hetero) is 1. The van der Waals surface area contributed by atoms with Crippen LogP contribution in [0.15, 0.2) is 23.8 Å². The summed E-state index contributed by atoms with van der Waals surface area (Å²) in [4.78, 5) is 37.8. The van der Waals surface area contributed by atoms with Gasteiger partial charge in [0.05, 0.1) is 30.8 Å². The summed E-state index contributed by atoms with van der Waals surface area (Å²) in [5.74, 6) is -0.348. The van der Waals surface area contributed by atoms with Crippen LogP contribution in [0.3, 0.4) is 0 Å². The van der Waals surface area contributed by atoms with E-state index in [2.05, 4.69) is 25.2 Å². The van der Waals surface area contributed by atoms with Crippen molar-refractivity contribution in [3.63, 3.8) is 0 Å².